The Kier molecular flexibility index (Phi) is 6.82. The Labute approximate surface area is 148 Å². The van der Waals surface area contributed by atoms with E-state index < -0.39 is 11.9 Å². The summed E-state index contributed by atoms with van der Waals surface area (Å²) in [4.78, 5) is 25.4. The Hall–Kier alpha value is -2.54. The number of likely N-dealkylation sites (tertiary alicyclic amines) is 1. The first-order valence-corrected chi connectivity index (χ1v) is 8.22. The van der Waals surface area contributed by atoms with Gasteiger partial charge in [0, 0.05) is 17.4 Å². The molecule has 2 rings (SSSR count). The topological polar surface area (TPSA) is 79.9 Å². The minimum Gasteiger partial charge on any atom is -0.466 e. The van der Waals surface area contributed by atoms with Crippen molar-refractivity contribution in [1.29, 1.82) is 0 Å². The predicted octanol–water partition coefficient (Wildman–Crippen LogP) is 1.83. The average Bonchev–Trinajstić information content (AvgIpc) is 2.63. The molecule has 0 atom stereocenters. The lowest BCUT2D eigenvalue weighted by Gasteiger charge is -2.30. The largest absolute Gasteiger partial charge is 0.466 e. The predicted molar refractivity (Wildman–Crippen MR) is 96.3 cm³/mol. The molecule has 1 aliphatic rings. The lowest BCUT2D eigenvalue weighted by molar-refractivity contribution is -0.138. The van der Waals surface area contributed by atoms with Crippen molar-refractivity contribution in [2.75, 3.05) is 45.0 Å². The summed E-state index contributed by atoms with van der Waals surface area (Å²) in [7, 11) is 4.64. The number of rotatable bonds is 6. The maximum absolute atomic E-state index is 11.7. The van der Waals surface area contributed by atoms with Gasteiger partial charge in [0.1, 0.15) is 5.70 Å². The first kappa shape index (κ1) is 18.8. The van der Waals surface area contributed by atoms with Gasteiger partial charge in [-0.2, -0.15) is 0 Å². The quantitative estimate of drug-likeness (QED) is 0.600. The number of methoxy groups -OCH3 is 2. The van der Waals surface area contributed by atoms with Crippen molar-refractivity contribution in [3.05, 3.63) is 36.0 Å². The van der Waals surface area contributed by atoms with E-state index in [2.05, 4.69) is 32.1 Å². The molecule has 2 N–H and O–H groups in total. The van der Waals surface area contributed by atoms with E-state index in [1.165, 1.54) is 14.2 Å². The van der Waals surface area contributed by atoms with E-state index in [1.807, 2.05) is 24.3 Å². The fourth-order valence-corrected chi connectivity index (χ4v) is 2.63. The third-order valence-electron chi connectivity index (χ3n) is 4.12. The zero-order valence-corrected chi connectivity index (χ0v) is 14.9. The number of piperidine rings is 1. The highest BCUT2D eigenvalue weighted by molar-refractivity contribution is 5.98. The van der Waals surface area contributed by atoms with Crippen molar-refractivity contribution in [1.82, 2.24) is 4.90 Å². The number of benzene rings is 1. The zero-order valence-electron chi connectivity index (χ0n) is 14.9. The third kappa shape index (κ3) is 5.79. The lowest BCUT2D eigenvalue weighted by Crippen LogP contribution is -2.36. The van der Waals surface area contributed by atoms with Gasteiger partial charge in [-0.3, -0.25) is 0 Å². The first-order valence-electron chi connectivity index (χ1n) is 8.22. The highest BCUT2D eigenvalue weighted by Crippen LogP contribution is 2.19. The maximum Gasteiger partial charge on any atom is 0.354 e. The van der Waals surface area contributed by atoms with Gasteiger partial charge in [0.25, 0.3) is 0 Å². The zero-order chi connectivity index (χ0) is 18.2. The molecule has 25 heavy (non-hydrogen) atoms. The molecule has 1 aliphatic heterocycles. The minimum absolute atomic E-state index is 0.0189. The van der Waals surface area contributed by atoms with Crippen molar-refractivity contribution in [2.45, 2.75) is 18.9 Å². The van der Waals surface area contributed by atoms with Crippen molar-refractivity contribution >= 4 is 23.3 Å². The van der Waals surface area contributed by atoms with Crippen LogP contribution in [-0.4, -0.2) is 57.2 Å². The van der Waals surface area contributed by atoms with Gasteiger partial charge in [0.05, 0.1) is 20.3 Å². The van der Waals surface area contributed by atoms with Crippen LogP contribution in [0.25, 0.3) is 0 Å². The second-order valence-electron chi connectivity index (χ2n) is 6.00. The van der Waals surface area contributed by atoms with Gasteiger partial charge in [-0.1, -0.05) is 0 Å². The van der Waals surface area contributed by atoms with Crippen molar-refractivity contribution in [2.24, 2.45) is 0 Å². The SMILES string of the molecule is COC(=O)/C=C(/Nc1ccc(NC2CCN(C)CC2)cc1)C(=O)OC. The number of carbonyl (C=O) groups is 2. The van der Waals surface area contributed by atoms with Gasteiger partial charge < -0.3 is 25.0 Å². The van der Waals surface area contributed by atoms with E-state index in [-0.39, 0.29) is 5.70 Å². The summed E-state index contributed by atoms with van der Waals surface area (Å²) >= 11 is 0. The van der Waals surface area contributed by atoms with Crippen LogP contribution in [0.3, 0.4) is 0 Å². The minimum atomic E-state index is -0.640. The second-order valence-corrected chi connectivity index (χ2v) is 6.00. The Morgan fingerprint density at radius 2 is 1.68 bits per heavy atom. The van der Waals surface area contributed by atoms with Gasteiger partial charge in [0.2, 0.25) is 0 Å². The Balaban J connectivity index is 1.99. The normalized spacial score (nSPS) is 16.2. The maximum atomic E-state index is 11.7. The van der Waals surface area contributed by atoms with Gasteiger partial charge in [0.15, 0.2) is 0 Å². The summed E-state index contributed by atoms with van der Waals surface area (Å²) < 4.78 is 9.22. The van der Waals surface area contributed by atoms with E-state index >= 15 is 0 Å². The fraction of sp³-hybridized carbons (Fsp3) is 0.444. The van der Waals surface area contributed by atoms with E-state index in [0.29, 0.717) is 11.7 Å². The highest BCUT2D eigenvalue weighted by Gasteiger charge is 2.16. The third-order valence-corrected chi connectivity index (χ3v) is 4.12. The Morgan fingerprint density at radius 1 is 1.08 bits per heavy atom. The molecule has 0 saturated carbocycles. The number of esters is 2. The number of hydrogen-bond acceptors (Lipinski definition) is 7. The van der Waals surface area contributed by atoms with Crippen LogP contribution in [0.1, 0.15) is 12.8 Å². The molecule has 7 heteroatoms. The summed E-state index contributed by atoms with van der Waals surface area (Å²) in [5, 5.41) is 6.41. The highest BCUT2D eigenvalue weighted by atomic mass is 16.5. The van der Waals surface area contributed by atoms with E-state index in [1.54, 1.807) is 0 Å². The molecule has 1 aromatic carbocycles. The van der Waals surface area contributed by atoms with Crippen LogP contribution >= 0.6 is 0 Å². The van der Waals surface area contributed by atoms with Crippen molar-refractivity contribution < 1.29 is 19.1 Å². The monoisotopic (exact) mass is 347 g/mol. The second kappa shape index (κ2) is 9.08. The molecule has 7 nitrogen and oxygen atoms in total. The molecule has 136 valence electrons. The summed E-state index contributed by atoms with van der Waals surface area (Å²) in [6.07, 6.45) is 3.30. The number of anilines is 2. The molecule has 0 spiro atoms. The Morgan fingerprint density at radius 3 is 2.24 bits per heavy atom. The van der Waals surface area contributed by atoms with Gasteiger partial charge >= 0.3 is 11.9 Å². The molecular formula is C18H25N3O4. The molecule has 0 bridgehead atoms. The van der Waals surface area contributed by atoms with Crippen LogP contribution in [0, 0.1) is 0 Å². The van der Waals surface area contributed by atoms with E-state index in [0.717, 1.165) is 37.7 Å². The Bertz CT molecular complexity index is 620. The van der Waals surface area contributed by atoms with Crippen LogP contribution in [-0.2, 0) is 19.1 Å². The smallest absolute Gasteiger partial charge is 0.354 e. The molecule has 1 saturated heterocycles. The summed E-state index contributed by atoms with van der Waals surface area (Å²) in [6, 6.07) is 8.03. The molecule has 0 radical (unpaired) electrons. The van der Waals surface area contributed by atoms with Crippen LogP contribution in [0.4, 0.5) is 11.4 Å². The van der Waals surface area contributed by atoms with E-state index in [9.17, 15) is 9.59 Å². The van der Waals surface area contributed by atoms with Crippen molar-refractivity contribution in [3.8, 4) is 0 Å². The average molecular weight is 347 g/mol. The first-order chi connectivity index (χ1) is 12.0. The molecule has 1 fully saturated rings. The summed E-state index contributed by atoms with van der Waals surface area (Å²) in [5.41, 5.74) is 1.72. The summed E-state index contributed by atoms with van der Waals surface area (Å²) in [5.74, 6) is -1.27. The molecule has 0 amide bonds. The van der Waals surface area contributed by atoms with Crippen LogP contribution in [0.2, 0.25) is 0 Å². The molecular weight excluding hydrogens is 322 g/mol. The van der Waals surface area contributed by atoms with Crippen LogP contribution in [0.5, 0.6) is 0 Å². The number of ether oxygens (including phenoxy) is 2. The molecule has 0 aromatic heterocycles. The van der Waals surface area contributed by atoms with E-state index in [4.69, 9.17) is 0 Å². The van der Waals surface area contributed by atoms with Gasteiger partial charge in [-0.15, -0.1) is 0 Å². The molecule has 1 heterocycles. The lowest BCUT2D eigenvalue weighted by atomic mass is 10.1. The number of carbonyl (C=O) groups excluding carboxylic acids is 2. The van der Waals surface area contributed by atoms with Gasteiger partial charge in [-0.05, 0) is 57.2 Å². The number of nitrogens with zero attached hydrogens (tertiary/aromatic N) is 1. The number of hydrogen-bond donors (Lipinski definition) is 2. The van der Waals surface area contributed by atoms with Crippen LogP contribution < -0.4 is 10.6 Å². The molecule has 1 aromatic rings. The standard InChI is InChI=1S/C18H25N3O4/c1-21-10-8-15(9-11-21)19-13-4-6-14(7-5-13)20-16(18(23)25-3)12-17(22)24-2/h4-7,12,15,19-20H,8-11H2,1-3H3/b16-12+. The molecule has 0 aliphatic carbocycles. The van der Waals surface area contributed by atoms with Crippen molar-refractivity contribution in [3.63, 3.8) is 0 Å². The van der Waals surface area contributed by atoms with Crippen LogP contribution in [0.15, 0.2) is 36.0 Å². The fourth-order valence-electron chi connectivity index (χ4n) is 2.63. The summed E-state index contributed by atoms with van der Waals surface area (Å²) in [6.45, 7) is 2.19. The van der Waals surface area contributed by atoms with Gasteiger partial charge in [-0.25, -0.2) is 9.59 Å². The number of nitrogens with one attached hydrogen (secondary N) is 2. The molecule has 0 unspecified atom stereocenters.